The number of benzene rings is 2. The average Bonchev–Trinajstić information content (AvgIpc) is 2.66. The second-order valence-corrected chi connectivity index (χ2v) is 6.98. The van der Waals surface area contributed by atoms with E-state index < -0.39 is 24.5 Å². The van der Waals surface area contributed by atoms with Crippen molar-refractivity contribution in [2.75, 3.05) is 11.9 Å². The van der Waals surface area contributed by atoms with Crippen LogP contribution in [0.2, 0.25) is 0 Å². The first-order valence-corrected chi connectivity index (χ1v) is 9.18. The molecule has 148 valence electrons. The van der Waals surface area contributed by atoms with Gasteiger partial charge in [0, 0.05) is 11.3 Å². The van der Waals surface area contributed by atoms with Crippen LogP contribution in [0.1, 0.15) is 35.3 Å². The normalized spacial score (nSPS) is 11.6. The quantitative estimate of drug-likeness (QED) is 0.720. The molecule has 2 amide bonds. The van der Waals surface area contributed by atoms with E-state index in [4.69, 9.17) is 4.74 Å². The van der Waals surface area contributed by atoms with Gasteiger partial charge < -0.3 is 15.4 Å². The Kier molecular flexibility index (Phi) is 7.32. The minimum Gasteiger partial charge on any atom is -0.454 e. The van der Waals surface area contributed by atoms with E-state index in [-0.39, 0.29) is 11.8 Å². The highest BCUT2D eigenvalue weighted by molar-refractivity contribution is 5.98. The Hall–Kier alpha value is -3.15. The van der Waals surface area contributed by atoms with Gasteiger partial charge in [-0.1, -0.05) is 50.2 Å². The Morgan fingerprint density at radius 1 is 0.929 bits per heavy atom. The molecule has 2 N–H and O–H groups in total. The number of anilines is 1. The standard InChI is InChI=1S/C22H26N2O4/c1-14(2)20(24-21(26)17-11-7-5-9-15(17)3)22(27)28-13-19(25)23-18-12-8-6-10-16(18)4/h5-12,14,20H,13H2,1-4H3,(H,23,25)(H,24,26)/t20-/m0/s1. The van der Waals surface area contributed by atoms with Gasteiger partial charge in [-0.25, -0.2) is 4.79 Å². The number of carbonyl (C=O) groups excluding carboxylic acids is 3. The van der Waals surface area contributed by atoms with Crippen LogP contribution in [0.15, 0.2) is 48.5 Å². The van der Waals surface area contributed by atoms with Crippen molar-refractivity contribution in [2.24, 2.45) is 5.92 Å². The molecule has 0 heterocycles. The van der Waals surface area contributed by atoms with Crippen molar-refractivity contribution in [3.63, 3.8) is 0 Å². The summed E-state index contributed by atoms with van der Waals surface area (Å²) in [4.78, 5) is 37.0. The monoisotopic (exact) mass is 382 g/mol. The summed E-state index contributed by atoms with van der Waals surface area (Å²) in [7, 11) is 0. The summed E-state index contributed by atoms with van der Waals surface area (Å²) in [6, 6.07) is 13.6. The summed E-state index contributed by atoms with van der Waals surface area (Å²) in [6.45, 7) is 6.89. The van der Waals surface area contributed by atoms with E-state index in [1.165, 1.54) is 0 Å². The summed E-state index contributed by atoms with van der Waals surface area (Å²) < 4.78 is 5.14. The highest BCUT2D eigenvalue weighted by Crippen LogP contribution is 2.13. The van der Waals surface area contributed by atoms with Crippen LogP contribution in [0, 0.1) is 19.8 Å². The van der Waals surface area contributed by atoms with E-state index in [9.17, 15) is 14.4 Å². The number of carbonyl (C=O) groups is 3. The van der Waals surface area contributed by atoms with Gasteiger partial charge in [0.25, 0.3) is 11.8 Å². The lowest BCUT2D eigenvalue weighted by molar-refractivity contribution is -0.150. The van der Waals surface area contributed by atoms with Crippen LogP contribution in [0.25, 0.3) is 0 Å². The number of para-hydroxylation sites is 1. The molecule has 2 aromatic rings. The van der Waals surface area contributed by atoms with Gasteiger partial charge in [-0.05, 0) is 43.0 Å². The topological polar surface area (TPSA) is 84.5 Å². The summed E-state index contributed by atoms with van der Waals surface area (Å²) in [6.07, 6.45) is 0. The Balaban J connectivity index is 1.95. The number of hydrogen-bond donors (Lipinski definition) is 2. The van der Waals surface area contributed by atoms with Gasteiger partial charge in [-0.2, -0.15) is 0 Å². The van der Waals surface area contributed by atoms with Gasteiger partial charge in [-0.3, -0.25) is 9.59 Å². The number of ether oxygens (including phenoxy) is 1. The summed E-state index contributed by atoms with van der Waals surface area (Å²) in [5.41, 5.74) is 2.89. The van der Waals surface area contributed by atoms with Gasteiger partial charge in [0.2, 0.25) is 0 Å². The third kappa shape index (κ3) is 5.67. The lowest BCUT2D eigenvalue weighted by atomic mass is 10.0. The van der Waals surface area contributed by atoms with Gasteiger partial charge in [0.05, 0.1) is 0 Å². The minimum absolute atomic E-state index is 0.195. The predicted octanol–water partition coefficient (Wildman–Crippen LogP) is 3.24. The van der Waals surface area contributed by atoms with Crippen molar-refractivity contribution in [1.82, 2.24) is 5.32 Å². The molecule has 0 aromatic heterocycles. The number of esters is 1. The molecule has 0 aliphatic heterocycles. The van der Waals surface area contributed by atoms with Gasteiger partial charge >= 0.3 is 5.97 Å². The fraction of sp³-hybridized carbons (Fsp3) is 0.318. The molecule has 0 radical (unpaired) electrons. The van der Waals surface area contributed by atoms with Crippen LogP contribution < -0.4 is 10.6 Å². The molecule has 2 rings (SSSR count). The molecule has 0 bridgehead atoms. The van der Waals surface area contributed by atoms with E-state index in [2.05, 4.69) is 10.6 Å². The zero-order valence-electron chi connectivity index (χ0n) is 16.6. The number of rotatable bonds is 7. The third-order valence-corrected chi connectivity index (χ3v) is 4.36. The maximum absolute atomic E-state index is 12.5. The van der Waals surface area contributed by atoms with Crippen LogP contribution in [-0.2, 0) is 14.3 Å². The van der Waals surface area contributed by atoms with Crippen molar-refractivity contribution >= 4 is 23.5 Å². The molecule has 0 fully saturated rings. The molecular formula is C22H26N2O4. The summed E-state index contributed by atoms with van der Waals surface area (Å²) in [5, 5.41) is 5.42. The molecule has 6 nitrogen and oxygen atoms in total. The fourth-order valence-electron chi connectivity index (χ4n) is 2.67. The van der Waals surface area contributed by atoms with E-state index in [0.29, 0.717) is 11.3 Å². The Morgan fingerprint density at radius 3 is 2.14 bits per heavy atom. The minimum atomic E-state index is -0.849. The fourth-order valence-corrected chi connectivity index (χ4v) is 2.67. The number of aryl methyl sites for hydroxylation is 2. The first kappa shape index (κ1) is 21.2. The average molecular weight is 382 g/mol. The van der Waals surface area contributed by atoms with Crippen LogP contribution in [-0.4, -0.2) is 30.4 Å². The van der Waals surface area contributed by atoms with Crippen molar-refractivity contribution in [3.05, 3.63) is 65.2 Å². The molecule has 0 aliphatic carbocycles. The van der Waals surface area contributed by atoms with E-state index in [0.717, 1.165) is 11.1 Å². The highest BCUT2D eigenvalue weighted by Gasteiger charge is 2.27. The smallest absolute Gasteiger partial charge is 0.329 e. The molecule has 0 saturated carbocycles. The molecule has 28 heavy (non-hydrogen) atoms. The molecule has 0 saturated heterocycles. The lowest BCUT2D eigenvalue weighted by Crippen LogP contribution is -2.46. The van der Waals surface area contributed by atoms with E-state index >= 15 is 0 Å². The molecule has 2 aromatic carbocycles. The maximum atomic E-state index is 12.5. The second kappa shape index (κ2) is 9.69. The molecule has 6 heteroatoms. The van der Waals surface area contributed by atoms with Gasteiger partial charge in [-0.15, -0.1) is 0 Å². The molecule has 0 unspecified atom stereocenters. The molecular weight excluding hydrogens is 356 g/mol. The van der Waals surface area contributed by atoms with E-state index in [1.807, 2.05) is 44.2 Å². The van der Waals surface area contributed by atoms with Crippen LogP contribution >= 0.6 is 0 Å². The molecule has 0 spiro atoms. The van der Waals surface area contributed by atoms with Crippen molar-refractivity contribution in [1.29, 1.82) is 0 Å². The van der Waals surface area contributed by atoms with Crippen molar-refractivity contribution in [2.45, 2.75) is 33.7 Å². The maximum Gasteiger partial charge on any atom is 0.329 e. The molecule has 0 aliphatic rings. The zero-order valence-corrected chi connectivity index (χ0v) is 16.6. The second-order valence-electron chi connectivity index (χ2n) is 6.98. The Labute approximate surface area is 165 Å². The number of hydrogen-bond acceptors (Lipinski definition) is 4. The molecule has 1 atom stereocenters. The van der Waals surface area contributed by atoms with Crippen molar-refractivity contribution in [3.8, 4) is 0 Å². The lowest BCUT2D eigenvalue weighted by Gasteiger charge is -2.21. The van der Waals surface area contributed by atoms with Crippen LogP contribution in [0.3, 0.4) is 0 Å². The van der Waals surface area contributed by atoms with Gasteiger partial charge in [0.15, 0.2) is 6.61 Å². The summed E-state index contributed by atoms with van der Waals surface area (Å²) in [5.74, 6) is -1.62. The number of nitrogens with one attached hydrogen (secondary N) is 2. The van der Waals surface area contributed by atoms with Crippen LogP contribution in [0.5, 0.6) is 0 Å². The van der Waals surface area contributed by atoms with Crippen LogP contribution in [0.4, 0.5) is 5.69 Å². The number of amides is 2. The van der Waals surface area contributed by atoms with E-state index in [1.54, 1.807) is 32.0 Å². The predicted molar refractivity (Wildman–Crippen MR) is 108 cm³/mol. The largest absolute Gasteiger partial charge is 0.454 e. The Bertz CT molecular complexity index is 861. The SMILES string of the molecule is Cc1ccccc1NC(=O)COC(=O)[C@@H](NC(=O)c1ccccc1C)C(C)C. The third-order valence-electron chi connectivity index (χ3n) is 4.36. The highest BCUT2D eigenvalue weighted by atomic mass is 16.5. The van der Waals surface area contributed by atoms with Gasteiger partial charge in [0.1, 0.15) is 6.04 Å². The first-order chi connectivity index (χ1) is 13.3. The first-order valence-electron chi connectivity index (χ1n) is 9.18. The van der Waals surface area contributed by atoms with Crippen molar-refractivity contribution < 1.29 is 19.1 Å². The zero-order chi connectivity index (χ0) is 20.7. The summed E-state index contributed by atoms with van der Waals surface area (Å²) >= 11 is 0. The Morgan fingerprint density at radius 2 is 1.54 bits per heavy atom.